The van der Waals surface area contributed by atoms with Crippen LogP contribution in [0.5, 0.6) is 0 Å². The molecule has 3 aromatic rings. The van der Waals surface area contributed by atoms with Gasteiger partial charge in [-0.2, -0.15) is 5.10 Å². The highest BCUT2D eigenvalue weighted by Gasteiger charge is 2.31. The summed E-state index contributed by atoms with van der Waals surface area (Å²) in [5.41, 5.74) is 3.01. The minimum atomic E-state index is -0.00758. The first-order valence-electron chi connectivity index (χ1n) is 9.03. The van der Waals surface area contributed by atoms with Crippen LogP contribution in [-0.4, -0.2) is 47.2 Å². The highest BCUT2D eigenvalue weighted by molar-refractivity contribution is 5.91. The fourth-order valence-corrected chi connectivity index (χ4v) is 4.03. The third-order valence-electron chi connectivity index (χ3n) is 5.28. The van der Waals surface area contributed by atoms with Crippen molar-refractivity contribution in [2.45, 2.75) is 26.1 Å². The number of aryl methyl sites for hydroxylation is 1. The molecule has 6 nitrogen and oxygen atoms in total. The first-order valence-corrected chi connectivity index (χ1v) is 9.03. The number of hydrogen-bond acceptors (Lipinski definition) is 5. The van der Waals surface area contributed by atoms with E-state index in [0.29, 0.717) is 5.92 Å². The van der Waals surface area contributed by atoms with Gasteiger partial charge in [-0.1, -0.05) is 12.1 Å². The maximum Gasteiger partial charge on any atom is 0.160 e. The van der Waals surface area contributed by atoms with Gasteiger partial charge in [0.05, 0.1) is 24.4 Å². The number of fused-ring (bicyclic) bond motifs is 3. The predicted octanol–water partition coefficient (Wildman–Crippen LogP) is 2.78. The van der Waals surface area contributed by atoms with Crippen LogP contribution in [0.1, 0.15) is 18.5 Å². The molecule has 1 aromatic carbocycles. The van der Waals surface area contributed by atoms with E-state index in [-0.39, 0.29) is 6.29 Å². The number of rotatable bonds is 2. The summed E-state index contributed by atoms with van der Waals surface area (Å²) in [5, 5.41) is 5.75. The molecule has 5 rings (SSSR count). The average Bonchev–Trinajstić information content (AvgIpc) is 3.30. The maximum atomic E-state index is 5.70. The second-order valence-corrected chi connectivity index (χ2v) is 6.94. The number of para-hydroxylation sites is 1. The summed E-state index contributed by atoms with van der Waals surface area (Å²) < 4.78 is 13.3. The van der Waals surface area contributed by atoms with Crippen LogP contribution >= 0.6 is 0 Å². The van der Waals surface area contributed by atoms with Crippen molar-refractivity contribution in [1.82, 2.24) is 14.6 Å². The second-order valence-electron chi connectivity index (χ2n) is 6.94. The third kappa shape index (κ3) is 2.56. The number of piperidine rings is 1. The Hall–Kier alpha value is -2.18. The summed E-state index contributed by atoms with van der Waals surface area (Å²) in [6, 6.07) is 10.4. The Bertz CT molecular complexity index is 908. The average molecular weight is 338 g/mol. The van der Waals surface area contributed by atoms with Crippen LogP contribution in [0, 0.1) is 12.8 Å². The molecule has 2 aromatic heterocycles. The number of nitrogens with zero attached hydrogens (tertiary/aromatic N) is 4. The van der Waals surface area contributed by atoms with E-state index < -0.39 is 0 Å². The van der Waals surface area contributed by atoms with Crippen LogP contribution < -0.4 is 4.90 Å². The topological polar surface area (TPSA) is 51.9 Å². The molecule has 2 aliphatic rings. The van der Waals surface area contributed by atoms with E-state index in [2.05, 4.69) is 34.3 Å². The van der Waals surface area contributed by atoms with Crippen molar-refractivity contribution in [2.24, 2.45) is 5.92 Å². The molecule has 0 radical (unpaired) electrons. The molecule has 2 saturated heterocycles. The maximum absolute atomic E-state index is 5.70. The van der Waals surface area contributed by atoms with Gasteiger partial charge in [-0.3, -0.25) is 0 Å². The van der Waals surface area contributed by atoms with Crippen molar-refractivity contribution in [3.63, 3.8) is 0 Å². The van der Waals surface area contributed by atoms with Crippen molar-refractivity contribution in [1.29, 1.82) is 0 Å². The lowest BCUT2D eigenvalue weighted by atomic mass is 9.96. The Morgan fingerprint density at radius 1 is 1.08 bits per heavy atom. The summed E-state index contributed by atoms with van der Waals surface area (Å²) in [6.45, 7) is 5.43. The Balaban J connectivity index is 1.49. The van der Waals surface area contributed by atoms with E-state index in [4.69, 9.17) is 14.5 Å². The highest BCUT2D eigenvalue weighted by atomic mass is 16.7. The first-order chi connectivity index (χ1) is 12.3. The summed E-state index contributed by atoms with van der Waals surface area (Å²) in [4.78, 5) is 7.33. The zero-order valence-corrected chi connectivity index (χ0v) is 14.4. The molecule has 0 N–H and O–H groups in total. The van der Waals surface area contributed by atoms with Crippen molar-refractivity contribution in [3.8, 4) is 0 Å². The largest absolute Gasteiger partial charge is 0.356 e. The molecule has 130 valence electrons. The minimum absolute atomic E-state index is 0.00758. The van der Waals surface area contributed by atoms with E-state index in [1.165, 1.54) is 0 Å². The van der Waals surface area contributed by atoms with E-state index in [0.717, 1.165) is 67.2 Å². The van der Waals surface area contributed by atoms with Gasteiger partial charge < -0.3 is 14.4 Å². The van der Waals surface area contributed by atoms with Crippen LogP contribution in [-0.2, 0) is 9.47 Å². The van der Waals surface area contributed by atoms with Crippen LogP contribution in [0.3, 0.4) is 0 Å². The lowest BCUT2D eigenvalue weighted by Crippen LogP contribution is -2.38. The summed E-state index contributed by atoms with van der Waals surface area (Å²) >= 11 is 0. The molecule has 0 spiro atoms. The Morgan fingerprint density at radius 3 is 2.64 bits per heavy atom. The molecule has 0 amide bonds. The zero-order valence-electron chi connectivity index (χ0n) is 14.4. The van der Waals surface area contributed by atoms with Crippen LogP contribution in [0.15, 0.2) is 30.3 Å². The van der Waals surface area contributed by atoms with Gasteiger partial charge in [-0.15, -0.1) is 0 Å². The van der Waals surface area contributed by atoms with Crippen LogP contribution in [0.4, 0.5) is 5.82 Å². The number of benzene rings is 1. The molecule has 0 saturated carbocycles. The molecule has 0 atom stereocenters. The molecular weight excluding hydrogens is 316 g/mol. The van der Waals surface area contributed by atoms with Crippen molar-refractivity contribution < 1.29 is 9.47 Å². The van der Waals surface area contributed by atoms with Crippen molar-refractivity contribution in [3.05, 3.63) is 36.0 Å². The lowest BCUT2D eigenvalue weighted by Gasteiger charge is -2.35. The summed E-state index contributed by atoms with van der Waals surface area (Å²) in [5.74, 6) is 1.56. The Kier molecular flexibility index (Phi) is 3.60. The van der Waals surface area contributed by atoms with E-state index in [9.17, 15) is 0 Å². The SMILES string of the molecule is Cc1cc2nc(N3CCC(C4OCCO4)CC3)c3ccccc3n2n1. The number of hydrogen-bond donors (Lipinski definition) is 0. The fraction of sp³-hybridized carbons (Fsp3) is 0.474. The van der Waals surface area contributed by atoms with Gasteiger partial charge in [0, 0.05) is 30.5 Å². The van der Waals surface area contributed by atoms with Gasteiger partial charge in [0.1, 0.15) is 5.82 Å². The zero-order chi connectivity index (χ0) is 16.8. The fourth-order valence-electron chi connectivity index (χ4n) is 4.03. The number of anilines is 1. The Morgan fingerprint density at radius 2 is 1.84 bits per heavy atom. The molecule has 25 heavy (non-hydrogen) atoms. The van der Waals surface area contributed by atoms with Crippen molar-refractivity contribution in [2.75, 3.05) is 31.2 Å². The molecule has 0 aliphatic carbocycles. The first kappa shape index (κ1) is 15.1. The van der Waals surface area contributed by atoms with Crippen LogP contribution in [0.25, 0.3) is 16.6 Å². The molecule has 2 aliphatic heterocycles. The summed E-state index contributed by atoms with van der Waals surface area (Å²) in [6.07, 6.45) is 2.14. The van der Waals surface area contributed by atoms with E-state index >= 15 is 0 Å². The second kappa shape index (κ2) is 5.97. The number of ether oxygens (including phenoxy) is 2. The quantitative estimate of drug-likeness (QED) is 0.719. The van der Waals surface area contributed by atoms with Gasteiger partial charge in [0.25, 0.3) is 0 Å². The normalized spacial score (nSPS) is 20.1. The third-order valence-corrected chi connectivity index (χ3v) is 5.28. The lowest BCUT2D eigenvalue weighted by molar-refractivity contribution is -0.0889. The summed E-state index contributed by atoms with van der Waals surface area (Å²) in [7, 11) is 0. The van der Waals surface area contributed by atoms with Crippen molar-refractivity contribution >= 4 is 22.4 Å². The Labute approximate surface area is 146 Å². The predicted molar refractivity (Wildman–Crippen MR) is 95.9 cm³/mol. The van der Waals surface area contributed by atoms with Gasteiger partial charge >= 0.3 is 0 Å². The molecule has 0 unspecified atom stereocenters. The molecule has 4 heterocycles. The number of aromatic nitrogens is 3. The molecule has 2 fully saturated rings. The van der Waals surface area contributed by atoms with Gasteiger partial charge in [0.15, 0.2) is 11.9 Å². The molecular formula is C19H22N4O2. The van der Waals surface area contributed by atoms with Gasteiger partial charge in [-0.05, 0) is 31.9 Å². The van der Waals surface area contributed by atoms with E-state index in [1.807, 2.05) is 17.5 Å². The minimum Gasteiger partial charge on any atom is -0.356 e. The van der Waals surface area contributed by atoms with Crippen LogP contribution in [0.2, 0.25) is 0 Å². The van der Waals surface area contributed by atoms with Gasteiger partial charge in [-0.25, -0.2) is 9.50 Å². The molecule has 0 bridgehead atoms. The van der Waals surface area contributed by atoms with E-state index in [1.54, 1.807) is 0 Å². The highest BCUT2D eigenvalue weighted by Crippen LogP contribution is 2.32. The standard InChI is InChI=1S/C19H22N4O2/c1-13-12-17-20-18(15-4-2-3-5-16(15)23(17)21-13)22-8-6-14(7-9-22)19-24-10-11-25-19/h2-5,12,14,19H,6-11H2,1H3. The molecule has 6 heteroatoms. The van der Waals surface area contributed by atoms with Gasteiger partial charge in [0.2, 0.25) is 0 Å². The smallest absolute Gasteiger partial charge is 0.160 e. The monoisotopic (exact) mass is 338 g/mol.